The molecule has 1 aromatic rings. The molecule has 0 fully saturated rings. The molecule has 0 radical (unpaired) electrons. The lowest BCUT2D eigenvalue weighted by Gasteiger charge is -2.16. The number of nitrogens with one attached hydrogen (secondary N) is 1. The third-order valence-electron chi connectivity index (χ3n) is 2.25. The molecule has 0 saturated carbocycles. The van der Waals surface area contributed by atoms with Gasteiger partial charge < -0.3 is 20.7 Å². The van der Waals surface area contributed by atoms with Gasteiger partial charge in [-0.25, -0.2) is 9.97 Å². The Kier molecular flexibility index (Phi) is 6.10. The first-order valence-electron chi connectivity index (χ1n) is 5.64. The van der Waals surface area contributed by atoms with E-state index in [2.05, 4.69) is 15.3 Å². The van der Waals surface area contributed by atoms with E-state index in [1.807, 2.05) is 0 Å². The zero-order valence-corrected chi connectivity index (χ0v) is 11.7. The van der Waals surface area contributed by atoms with E-state index in [-0.39, 0.29) is 17.4 Å². The molecule has 8 heteroatoms. The standard InChI is InChI=1S/C11H17N5O2S/c1-16(7-9(17)13-5-6-18-2)11-14-4-3-8(15-11)10(12)19/h3-4H,5-7H2,1-2H3,(H2,12,19)(H,13,17). The zero-order valence-electron chi connectivity index (χ0n) is 10.9. The summed E-state index contributed by atoms with van der Waals surface area (Å²) in [6, 6.07) is 1.62. The van der Waals surface area contributed by atoms with Gasteiger partial charge in [0.1, 0.15) is 10.7 Å². The maximum Gasteiger partial charge on any atom is 0.239 e. The molecule has 1 aromatic heterocycles. The van der Waals surface area contributed by atoms with Gasteiger partial charge in [-0.05, 0) is 6.07 Å². The maximum atomic E-state index is 11.6. The lowest BCUT2D eigenvalue weighted by molar-refractivity contribution is -0.119. The summed E-state index contributed by atoms with van der Waals surface area (Å²) < 4.78 is 4.84. The van der Waals surface area contributed by atoms with Crippen LogP contribution >= 0.6 is 12.2 Å². The van der Waals surface area contributed by atoms with Crippen molar-refractivity contribution in [3.63, 3.8) is 0 Å². The number of hydrogen-bond donors (Lipinski definition) is 2. The molecule has 0 aliphatic carbocycles. The van der Waals surface area contributed by atoms with Crippen LogP contribution in [0.3, 0.4) is 0 Å². The van der Waals surface area contributed by atoms with E-state index in [1.54, 1.807) is 31.3 Å². The molecule has 0 saturated heterocycles. The Balaban J connectivity index is 2.57. The first kappa shape index (κ1) is 15.3. The van der Waals surface area contributed by atoms with Crippen molar-refractivity contribution in [2.75, 3.05) is 38.8 Å². The molecule has 1 rings (SSSR count). The number of ether oxygens (including phenoxy) is 1. The van der Waals surface area contributed by atoms with Gasteiger partial charge in [-0.1, -0.05) is 12.2 Å². The quantitative estimate of drug-likeness (QED) is 0.505. The average Bonchev–Trinajstić information content (AvgIpc) is 2.39. The average molecular weight is 283 g/mol. The predicted octanol–water partition coefficient (Wildman–Crippen LogP) is -0.690. The van der Waals surface area contributed by atoms with E-state index in [1.165, 1.54) is 0 Å². The number of carbonyl (C=O) groups excluding carboxylic acids is 1. The van der Waals surface area contributed by atoms with Gasteiger partial charge in [0.2, 0.25) is 11.9 Å². The second-order valence-corrected chi connectivity index (χ2v) is 4.24. The van der Waals surface area contributed by atoms with Gasteiger partial charge in [-0.15, -0.1) is 0 Å². The van der Waals surface area contributed by atoms with Crippen molar-refractivity contribution >= 4 is 29.1 Å². The highest BCUT2D eigenvalue weighted by atomic mass is 32.1. The Bertz CT molecular complexity index is 454. The van der Waals surface area contributed by atoms with Crippen molar-refractivity contribution in [1.82, 2.24) is 15.3 Å². The summed E-state index contributed by atoms with van der Waals surface area (Å²) in [4.78, 5) is 21.6. The van der Waals surface area contributed by atoms with Crippen LogP contribution in [0, 0.1) is 0 Å². The molecule has 104 valence electrons. The summed E-state index contributed by atoms with van der Waals surface area (Å²) in [7, 11) is 3.29. The summed E-state index contributed by atoms with van der Waals surface area (Å²) in [6.45, 7) is 1.09. The van der Waals surface area contributed by atoms with Crippen LogP contribution in [0.1, 0.15) is 5.69 Å². The van der Waals surface area contributed by atoms with Crippen LogP contribution in [-0.2, 0) is 9.53 Å². The summed E-state index contributed by atoms with van der Waals surface area (Å²) >= 11 is 4.84. The van der Waals surface area contributed by atoms with Gasteiger partial charge in [0, 0.05) is 26.9 Å². The number of methoxy groups -OCH3 is 1. The highest BCUT2D eigenvalue weighted by molar-refractivity contribution is 7.80. The first-order valence-corrected chi connectivity index (χ1v) is 6.05. The molecule has 0 bridgehead atoms. The fourth-order valence-corrected chi connectivity index (χ4v) is 1.42. The number of hydrogen-bond acceptors (Lipinski definition) is 6. The number of anilines is 1. The Morgan fingerprint density at radius 2 is 2.37 bits per heavy atom. The number of aromatic nitrogens is 2. The number of amides is 1. The molecule has 0 atom stereocenters. The van der Waals surface area contributed by atoms with Crippen molar-refractivity contribution in [3.8, 4) is 0 Å². The molecular weight excluding hydrogens is 266 g/mol. The Labute approximate surface area is 117 Å². The van der Waals surface area contributed by atoms with Gasteiger partial charge in [-0.2, -0.15) is 0 Å². The van der Waals surface area contributed by atoms with Crippen molar-refractivity contribution < 1.29 is 9.53 Å². The molecule has 0 aromatic carbocycles. The van der Waals surface area contributed by atoms with Crippen LogP contribution in [0.5, 0.6) is 0 Å². The molecule has 3 N–H and O–H groups in total. The van der Waals surface area contributed by atoms with Crippen LogP contribution in [0.25, 0.3) is 0 Å². The molecule has 1 amide bonds. The second-order valence-electron chi connectivity index (χ2n) is 3.80. The summed E-state index contributed by atoms with van der Waals surface area (Å²) in [5.41, 5.74) is 5.97. The van der Waals surface area contributed by atoms with E-state index in [9.17, 15) is 4.79 Å². The third kappa shape index (κ3) is 5.14. The topological polar surface area (TPSA) is 93.4 Å². The number of likely N-dealkylation sites (N-methyl/N-ethyl adjacent to an activating group) is 1. The zero-order chi connectivity index (χ0) is 14.3. The SMILES string of the molecule is COCCNC(=O)CN(C)c1nccc(C(N)=S)n1. The van der Waals surface area contributed by atoms with Crippen LogP contribution in [0.2, 0.25) is 0 Å². The van der Waals surface area contributed by atoms with Crippen LogP contribution in [0.4, 0.5) is 5.95 Å². The first-order chi connectivity index (χ1) is 9.04. The third-order valence-corrected chi connectivity index (χ3v) is 2.46. The molecule has 0 spiro atoms. The van der Waals surface area contributed by atoms with Crippen molar-refractivity contribution in [1.29, 1.82) is 0 Å². The molecule has 19 heavy (non-hydrogen) atoms. The van der Waals surface area contributed by atoms with Gasteiger partial charge in [0.15, 0.2) is 0 Å². The second kappa shape index (κ2) is 7.59. The molecule has 0 unspecified atom stereocenters. The Hall–Kier alpha value is -1.80. The molecule has 0 aliphatic rings. The number of carbonyl (C=O) groups is 1. The van der Waals surface area contributed by atoms with E-state index in [4.69, 9.17) is 22.7 Å². The molecule has 7 nitrogen and oxygen atoms in total. The minimum absolute atomic E-state index is 0.135. The Morgan fingerprint density at radius 3 is 3.00 bits per heavy atom. The lowest BCUT2D eigenvalue weighted by atomic mass is 10.4. The van der Waals surface area contributed by atoms with E-state index in [0.29, 0.717) is 24.8 Å². The van der Waals surface area contributed by atoms with Gasteiger partial charge in [0.05, 0.1) is 13.2 Å². The van der Waals surface area contributed by atoms with Crippen LogP contribution < -0.4 is 16.0 Å². The Morgan fingerprint density at radius 1 is 1.63 bits per heavy atom. The maximum absolute atomic E-state index is 11.6. The highest BCUT2D eigenvalue weighted by Gasteiger charge is 2.10. The minimum atomic E-state index is -0.135. The number of thiocarbonyl (C=S) groups is 1. The van der Waals surface area contributed by atoms with Crippen molar-refractivity contribution in [3.05, 3.63) is 18.0 Å². The molecule has 1 heterocycles. The fraction of sp³-hybridized carbons (Fsp3) is 0.455. The predicted molar refractivity (Wildman–Crippen MR) is 76.1 cm³/mol. The largest absolute Gasteiger partial charge is 0.388 e. The minimum Gasteiger partial charge on any atom is -0.388 e. The fourth-order valence-electron chi connectivity index (χ4n) is 1.30. The number of rotatable bonds is 7. The van der Waals surface area contributed by atoms with Gasteiger partial charge >= 0.3 is 0 Å². The van der Waals surface area contributed by atoms with E-state index in [0.717, 1.165) is 0 Å². The summed E-state index contributed by atoms with van der Waals surface area (Å²) in [6.07, 6.45) is 1.55. The smallest absolute Gasteiger partial charge is 0.239 e. The highest BCUT2D eigenvalue weighted by Crippen LogP contribution is 2.05. The molecule has 0 aliphatic heterocycles. The number of nitrogens with two attached hydrogens (primary N) is 1. The van der Waals surface area contributed by atoms with Crippen molar-refractivity contribution in [2.24, 2.45) is 5.73 Å². The van der Waals surface area contributed by atoms with E-state index < -0.39 is 0 Å². The lowest BCUT2D eigenvalue weighted by Crippen LogP contribution is -2.37. The summed E-state index contributed by atoms with van der Waals surface area (Å²) in [5.74, 6) is 0.260. The van der Waals surface area contributed by atoms with E-state index >= 15 is 0 Å². The van der Waals surface area contributed by atoms with Gasteiger partial charge in [-0.3, -0.25) is 4.79 Å². The molecular formula is C11H17N5O2S. The number of nitrogens with zero attached hydrogens (tertiary/aromatic N) is 3. The normalized spacial score (nSPS) is 10.0. The summed E-state index contributed by atoms with van der Waals surface area (Å²) in [5, 5.41) is 2.71. The van der Waals surface area contributed by atoms with Gasteiger partial charge in [0.25, 0.3) is 0 Å². The van der Waals surface area contributed by atoms with Crippen molar-refractivity contribution in [2.45, 2.75) is 0 Å². The monoisotopic (exact) mass is 283 g/mol. The van der Waals surface area contributed by atoms with Crippen LogP contribution in [-0.4, -0.2) is 54.7 Å². The van der Waals surface area contributed by atoms with Crippen LogP contribution in [0.15, 0.2) is 12.3 Å².